The molecule has 21 heavy (non-hydrogen) atoms. The van der Waals surface area contributed by atoms with E-state index in [1.165, 1.54) is 10.8 Å². The summed E-state index contributed by atoms with van der Waals surface area (Å²) < 4.78 is 0. The fraction of sp³-hybridized carbons (Fsp3) is 0.294. The van der Waals surface area contributed by atoms with Crippen LogP contribution in [-0.4, -0.2) is 16.7 Å². The highest BCUT2D eigenvalue weighted by atomic mass is 32.1. The first-order chi connectivity index (χ1) is 10.2. The lowest BCUT2D eigenvalue weighted by Crippen LogP contribution is -2.18. The molecule has 0 radical (unpaired) electrons. The third-order valence-corrected chi connectivity index (χ3v) is 4.26. The summed E-state index contributed by atoms with van der Waals surface area (Å²) in [6.45, 7) is 6.20. The molecule has 0 aliphatic rings. The summed E-state index contributed by atoms with van der Waals surface area (Å²) in [6.07, 6.45) is 0. The molecule has 108 valence electrons. The van der Waals surface area contributed by atoms with Crippen molar-refractivity contribution in [2.45, 2.75) is 20.4 Å². The van der Waals surface area contributed by atoms with Crippen molar-refractivity contribution in [1.29, 1.82) is 0 Å². The van der Waals surface area contributed by atoms with E-state index in [2.05, 4.69) is 71.8 Å². The molecular formula is C17H19N3S. The third kappa shape index (κ3) is 3.46. The first-order valence-corrected chi connectivity index (χ1v) is 8.06. The molecule has 0 amide bonds. The average Bonchev–Trinajstić information content (AvgIpc) is 2.95. The van der Waals surface area contributed by atoms with Crippen LogP contribution < -0.4 is 5.32 Å². The van der Waals surface area contributed by atoms with Crippen molar-refractivity contribution < 1.29 is 0 Å². The minimum atomic E-state index is 0.651. The SMILES string of the molecule is CC(C)CNCc1nnc(-c2ccc3ccccc3c2)s1. The molecule has 0 aliphatic heterocycles. The largest absolute Gasteiger partial charge is 0.310 e. The number of benzene rings is 2. The van der Waals surface area contributed by atoms with Gasteiger partial charge in [-0.15, -0.1) is 10.2 Å². The Bertz CT molecular complexity index is 733. The second-order valence-corrected chi connectivity index (χ2v) is 6.65. The number of hydrogen-bond donors (Lipinski definition) is 1. The Labute approximate surface area is 129 Å². The molecule has 0 unspecified atom stereocenters. The molecule has 4 heteroatoms. The normalized spacial score (nSPS) is 11.4. The minimum Gasteiger partial charge on any atom is -0.310 e. The van der Waals surface area contributed by atoms with Gasteiger partial charge in [0.2, 0.25) is 0 Å². The van der Waals surface area contributed by atoms with Gasteiger partial charge in [0.15, 0.2) is 0 Å². The zero-order chi connectivity index (χ0) is 14.7. The summed E-state index contributed by atoms with van der Waals surface area (Å²) in [4.78, 5) is 0. The second-order valence-electron chi connectivity index (χ2n) is 5.59. The molecule has 0 spiro atoms. The Balaban J connectivity index is 1.77. The van der Waals surface area contributed by atoms with Crippen LogP contribution in [0, 0.1) is 5.92 Å². The van der Waals surface area contributed by atoms with E-state index in [9.17, 15) is 0 Å². The predicted molar refractivity (Wildman–Crippen MR) is 89.4 cm³/mol. The second kappa shape index (κ2) is 6.33. The third-order valence-electron chi connectivity index (χ3n) is 3.29. The van der Waals surface area contributed by atoms with Gasteiger partial charge in [0.05, 0.1) is 0 Å². The van der Waals surface area contributed by atoms with E-state index < -0.39 is 0 Å². The van der Waals surface area contributed by atoms with Crippen molar-refractivity contribution in [2.75, 3.05) is 6.54 Å². The van der Waals surface area contributed by atoms with E-state index in [4.69, 9.17) is 0 Å². The minimum absolute atomic E-state index is 0.651. The Kier molecular flexibility index (Phi) is 4.27. The van der Waals surface area contributed by atoms with Crippen LogP contribution in [0.5, 0.6) is 0 Å². The number of nitrogens with one attached hydrogen (secondary N) is 1. The van der Waals surface area contributed by atoms with Gasteiger partial charge in [0.25, 0.3) is 0 Å². The summed E-state index contributed by atoms with van der Waals surface area (Å²) in [7, 11) is 0. The molecule has 2 aromatic carbocycles. The van der Waals surface area contributed by atoms with Crippen LogP contribution in [0.15, 0.2) is 42.5 Å². The number of nitrogens with zero attached hydrogens (tertiary/aromatic N) is 2. The first-order valence-electron chi connectivity index (χ1n) is 7.24. The lowest BCUT2D eigenvalue weighted by molar-refractivity contribution is 0.550. The van der Waals surface area contributed by atoms with Gasteiger partial charge in [-0.25, -0.2) is 0 Å². The molecule has 1 N–H and O–H groups in total. The van der Waals surface area contributed by atoms with E-state index in [1.54, 1.807) is 11.3 Å². The fourth-order valence-electron chi connectivity index (χ4n) is 2.23. The Morgan fingerprint density at radius 3 is 2.67 bits per heavy atom. The summed E-state index contributed by atoms with van der Waals surface area (Å²) in [5, 5.41) is 16.5. The highest BCUT2D eigenvalue weighted by Gasteiger charge is 2.07. The van der Waals surface area contributed by atoms with E-state index in [0.29, 0.717) is 5.92 Å². The van der Waals surface area contributed by atoms with E-state index in [0.717, 1.165) is 28.7 Å². The van der Waals surface area contributed by atoms with E-state index in [-0.39, 0.29) is 0 Å². The molecule has 1 aromatic heterocycles. The lowest BCUT2D eigenvalue weighted by Gasteiger charge is -2.04. The Morgan fingerprint density at radius 2 is 1.86 bits per heavy atom. The summed E-state index contributed by atoms with van der Waals surface area (Å²) in [5.41, 5.74) is 1.14. The molecule has 3 nitrogen and oxygen atoms in total. The number of hydrogen-bond acceptors (Lipinski definition) is 4. The Hall–Kier alpha value is -1.78. The van der Waals surface area contributed by atoms with Gasteiger partial charge in [-0.1, -0.05) is 61.6 Å². The van der Waals surface area contributed by atoms with Crippen molar-refractivity contribution in [2.24, 2.45) is 5.92 Å². The number of fused-ring (bicyclic) bond motifs is 1. The average molecular weight is 297 g/mol. The zero-order valence-corrected chi connectivity index (χ0v) is 13.2. The first kappa shape index (κ1) is 14.2. The summed E-state index contributed by atoms with van der Waals surface area (Å²) >= 11 is 1.66. The van der Waals surface area contributed by atoms with Crippen molar-refractivity contribution in [1.82, 2.24) is 15.5 Å². The van der Waals surface area contributed by atoms with Crippen molar-refractivity contribution in [3.05, 3.63) is 47.5 Å². The van der Waals surface area contributed by atoms with Crippen molar-refractivity contribution >= 4 is 22.1 Å². The maximum absolute atomic E-state index is 4.32. The summed E-state index contributed by atoms with van der Waals surface area (Å²) in [5.74, 6) is 0.651. The molecular weight excluding hydrogens is 278 g/mol. The molecule has 3 aromatic rings. The van der Waals surface area contributed by atoms with Crippen LogP contribution >= 0.6 is 11.3 Å². The van der Waals surface area contributed by atoms with Crippen LogP contribution in [0.3, 0.4) is 0 Å². The standard InChI is InChI=1S/C17H19N3S/c1-12(2)10-18-11-16-19-20-17(21-16)15-8-7-13-5-3-4-6-14(13)9-15/h3-9,12,18H,10-11H2,1-2H3. The van der Waals surface area contributed by atoms with Gasteiger partial charge in [0.1, 0.15) is 10.0 Å². The van der Waals surface area contributed by atoms with Crippen LogP contribution in [0.2, 0.25) is 0 Å². The van der Waals surface area contributed by atoms with E-state index >= 15 is 0 Å². The van der Waals surface area contributed by atoms with E-state index in [1.807, 2.05) is 0 Å². The molecule has 0 bridgehead atoms. The van der Waals surface area contributed by atoms with Gasteiger partial charge in [-0.05, 0) is 29.3 Å². The topological polar surface area (TPSA) is 37.8 Å². The molecule has 0 saturated heterocycles. The molecule has 0 aliphatic carbocycles. The van der Waals surface area contributed by atoms with Gasteiger partial charge < -0.3 is 5.32 Å². The molecule has 1 heterocycles. The fourth-order valence-corrected chi connectivity index (χ4v) is 3.04. The highest BCUT2D eigenvalue weighted by Crippen LogP contribution is 2.26. The number of aromatic nitrogens is 2. The van der Waals surface area contributed by atoms with Crippen LogP contribution in [0.4, 0.5) is 0 Å². The highest BCUT2D eigenvalue weighted by molar-refractivity contribution is 7.14. The molecule has 0 atom stereocenters. The maximum Gasteiger partial charge on any atom is 0.147 e. The Morgan fingerprint density at radius 1 is 1.05 bits per heavy atom. The maximum atomic E-state index is 4.32. The van der Waals surface area contributed by atoms with Crippen LogP contribution in [0.1, 0.15) is 18.9 Å². The lowest BCUT2D eigenvalue weighted by atomic mass is 10.1. The van der Waals surface area contributed by atoms with Crippen molar-refractivity contribution in [3.8, 4) is 10.6 Å². The molecule has 0 saturated carbocycles. The molecule has 3 rings (SSSR count). The van der Waals surface area contributed by atoms with Gasteiger partial charge in [0, 0.05) is 12.1 Å². The van der Waals surface area contributed by atoms with Crippen molar-refractivity contribution in [3.63, 3.8) is 0 Å². The van der Waals surface area contributed by atoms with Gasteiger partial charge >= 0.3 is 0 Å². The quantitative estimate of drug-likeness (QED) is 0.770. The van der Waals surface area contributed by atoms with Crippen LogP contribution in [-0.2, 0) is 6.54 Å². The summed E-state index contributed by atoms with van der Waals surface area (Å²) in [6, 6.07) is 14.8. The monoisotopic (exact) mass is 297 g/mol. The predicted octanol–water partition coefficient (Wildman–Crippen LogP) is 4.10. The van der Waals surface area contributed by atoms with Gasteiger partial charge in [-0.3, -0.25) is 0 Å². The number of rotatable bonds is 5. The smallest absolute Gasteiger partial charge is 0.147 e. The molecule has 0 fully saturated rings. The van der Waals surface area contributed by atoms with Crippen LogP contribution in [0.25, 0.3) is 21.3 Å². The van der Waals surface area contributed by atoms with Gasteiger partial charge in [-0.2, -0.15) is 0 Å². The zero-order valence-electron chi connectivity index (χ0n) is 12.3.